The molecule has 5 rings (SSSR count). The quantitative estimate of drug-likeness (QED) is 0.153. The van der Waals surface area contributed by atoms with Gasteiger partial charge in [-0.3, -0.25) is 4.79 Å². The zero-order chi connectivity index (χ0) is 29.3. The highest BCUT2D eigenvalue weighted by atomic mass is 16.7. The summed E-state index contributed by atoms with van der Waals surface area (Å²) in [6, 6.07) is 6.01. The minimum atomic E-state index is -1.64. The number of aliphatic hydroxyl groups excluding tert-OH is 3. The van der Waals surface area contributed by atoms with Gasteiger partial charge in [0.15, 0.2) is 6.29 Å². The van der Waals surface area contributed by atoms with Gasteiger partial charge in [-0.25, -0.2) is 9.59 Å². The number of phenolic OH excluding ortho intramolecular Hbond substituents is 1. The predicted octanol–water partition coefficient (Wildman–Crippen LogP) is 0.362. The number of allylic oxidation sites excluding steroid dienone is 1. The van der Waals surface area contributed by atoms with Gasteiger partial charge in [-0.2, -0.15) is 0 Å². The minimum Gasteiger partial charge on any atom is -0.508 e. The number of benzene rings is 1. The van der Waals surface area contributed by atoms with Crippen LogP contribution in [0.1, 0.15) is 24.8 Å². The number of hydrogen-bond donors (Lipinski definition) is 4. The third-order valence-corrected chi connectivity index (χ3v) is 7.65. The number of fused-ring (bicyclic) bond motifs is 4. The van der Waals surface area contributed by atoms with E-state index >= 15 is 0 Å². The van der Waals surface area contributed by atoms with Crippen LogP contribution in [0.2, 0.25) is 0 Å². The summed E-state index contributed by atoms with van der Waals surface area (Å²) in [6.45, 7) is 3.33. The molecule has 3 fully saturated rings. The highest BCUT2D eigenvalue weighted by molar-refractivity contribution is 5.93. The van der Waals surface area contributed by atoms with Gasteiger partial charge in [0.1, 0.15) is 49.0 Å². The first kappa shape index (κ1) is 29.0. The maximum absolute atomic E-state index is 12.3. The molecule has 2 bridgehead atoms. The lowest BCUT2D eigenvalue weighted by molar-refractivity contribution is -0.299. The lowest BCUT2D eigenvalue weighted by Crippen LogP contribution is -2.59. The van der Waals surface area contributed by atoms with E-state index in [0.29, 0.717) is 36.0 Å². The average molecular weight is 573 g/mol. The molecule has 3 heterocycles. The maximum Gasteiger partial charge on any atom is 0.334 e. The Bertz CT molecular complexity index is 1250. The van der Waals surface area contributed by atoms with Crippen LogP contribution in [0.25, 0.3) is 0 Å². The molecule has 4 N–H and O–H groups in total. The minimum absolute atomic E-state index is 0.0587. The Kier molecular flexibility index (Phi) is 8.57. The van der Waals surface area contributed by atoms with E-state index in [0.717, 1.165) is 0 Å². The molecule has 0 spiro atoms. The van der Waals surface area contributed by atoms with Gasteiger partial charge in [-0.05, 0) is 42.2 Å². The number of rotatable bonds is 7. The average Bonchev–Trinajstić information content (AvgIpc) is 3.43. The van der Waals surface area contributed by atoms with Gasteiger partial charge < -0.3 is 44.1 Å². The van der Waals surface area contributed by atoms with Crippen molar-refractivity contribution in [2.75, 3.05) is 13.2 Å². The van der Waals surface area contributed by atoms with E-state index in [-0.39, 0.29) is 24.4 Å². The smallest absolute Gasteiger partial charge is 0.334 e. The number of aliphatic hydroxyl groups is 3. The van der Waals surface area contributed by atoms with E-state index in [4.69, 9.17) is 23.7 Å². The molecule has 8 atom stereocenters. The molecule has 0 saturated carbocycles. The second-order valence-electron chi connectivity index (χ2n) is 10.5. The van der Waals surface area contributed by atoms with E-state index < -0.39 is 73.3 Å². The number of carbonyl (C=O) groups is 3. The molecule has 3 aliphatic heterocycles. The molecule has 220 valence electrons. The van der Waals surface area contributed by atoms with Gasteiger partial charge in [-0.15, -0.1) is 0 Å². The molecule has 12 nitrogen and oxygen atoms in total. The van der Waals surface area contributed by atoms with Crippen molar-refractivity contribution in [2.45, 2.75) is 68.6 Å². The Morgan fingerprint density at radius 2 is 1.78 bits per heavy atom. The largest absolute Gasteiger partial charge is 0.508 e. The van der Waals surface area contributed by atoms with Crippen molar-refractivity contribution in [1.82, 2.24) is 0 Å². The number of esters is 3. The van der Waals surface area contributed by atoms with Crippen molar-refractivity contribution in [3.05, 3.63) is 65.3 Å². The maximum atomic E-state index is 12.3. The number of aromatic hydroxyl groups is 1. The van der Waals surface area contributed by atoms with Gasteiger partial charge in [-0.1, -0.05) is 24.8 Å². The van der Waals surface area contributed by atoms with Crippen LogP contribution in [0.5, 0.6) is 5.75 Å². The lowest BCUT2D eigenvalue weighted by atomic mass is 9.86. The molecule has 3 saturated heterocycles. The summed E-state index contributed by atoms with van der Waals surface area (Å²) < 4.78 is 27.7. The molecule has 41 heavy (non-hydrogen) atoms. The fourth-order valence-electron chi connectivity index (χ4n) is 5.36. The zero-order valence-corrected chi connectivity index (χ0v) is 22.1. The van der Waals surface area contributed by atoms with Gasteiger partial charge in [0.2, 0.25) is 0 Å². The van der Waals surface area contributed by atoms with Crippen molar-refractivity contribution in [3.8, 4) is 5.75 Å². The van der Waals surface area contributed by atoms with Gasteiger partial charge in [0.25, 0.3) is 0 Å². The monoisotopic (exact) mass is 572 g/mol. The summed E-state index contributed by atoms with van der Waals surface area (Å²) in [7, 11) is 0. The normalized spacial score (nSPS) is 34.6. The molecule has 5 unspecified atom stereocenters. The molecule has 0 radical (unpaired) electrons. The van der Waals surface area contributed by atoms with Crippen LogP contribution in [0, 0.1) is 5.92 Å². The van der Waals surface area contributed by atoms with E-state index in [9.17, 15) is 34.8 Å². The van der Waals surface area contributed by atoms with Crippen LogP contribution in [0.4, 0.5) is 0 Å². The molecule has 4 aliphatic rings. The van der Waals surface area contributed by atoms with Crippen LogP contribution in [0.15, 0.2) is 59.7 Å². The van der Waals surface area contributed by atoms with E-state index in [1.807, 2.05) is 0 Å². The number of ether oxygens (including phenoxy) is 5. The van der Waals surface area contributed by atoms with Gasteiger partial charge in [0, 0.05) is 17.6 Å². The number of hydrogen-bond acceptors (Lipinski definition) is 12. The first-order chi connectivity index (χ1) is 19.6. The number of phenols is 1. The van der Waals surface area contributed by atoms with Crippen LogP contribution >= 0.6 is 0 Å². The summed E-state index contributed by atoms with van der Waals surface area (Å²) in [5.41, 5.74) is 2.03. The molecule has 1 aromatic rings. The van der Waals surface area contributed by atoms with Crippen molar-refractivity contribution in [2.24, 2.45) is 5.92 Å². The Labute approximate surface area is 235 Å². The lowest BCUT2D eigenvalue weighted by Gasteiger charge is -2.40. The Morgan fingerprint density at radius 1 is 1.02 bits per heavy atom. The van der Waals surface area contributed by atoms with Crippen molar-refractivity contribution >= 4 is 17.9 Å². The SMILES string of the molecule is C=C1C(=O)O[C@@H]2/C=C(\COC3OC(COC(=O)Cc4ccc(O)cc4)C(O)C(O)C3O)CCC=C3C[C@H](OC3=O)[C@@H]12. The van der Waals surface area contributed by atoms with Crippen LogP contribution in [-0.4, -0.2) is 94.5 Å². The van der Waals surface area contributed by atoms with Crippen molar-refractivity contribution in [3.63, 3.8) is 0 Å². The second-order valence-corrected chi connectivity index (χ2v) is 10.5. The van der Waals surface area contributed by atoms with E-state index in [1.165, 1.54) is 12.1 Å². The number of carbonyl (C=O) groups excluding carboxylic acids is 3. The molecular weight excluding hydrogens is 540 g/mol. The predicted molar refractivity (Wildman–Crippen MR) is 138 cm³/mol. The molecule has 1 aliphatic carbocycles. The topological polar surface area (TPSA) is 178 Å². The fourth-order valence-corrected chi connectivity index (χ4v) is 5.36. The molecule has 0 aromatic heterocycles. The standard InChI is InChI=1S/C29H32O12/c1-14-23-19(39-27(14)35)9-16(3-2-4-17-11-20(23)40-28(17)36)12-38-29-26(34)25(33)24(32)21(41-29)13-37-22(31)10-15-5-7-18(30)8-6-15/h4-9,19-21,23-26,29-30,32-34H,1-3,10-13H2/b16-9-,17-4?/t19-,20+,21?,23+,24?,25?,26?,29?/m1/s1. The molecule has 12 heteroatoms. The van der Waals surface area contributed by atoms with Gasteiger partial charge in [0.05, 0.1) is 18.9 Å². The first-order valence-corrected chi connectivity index (χ1v) is 13.3. The highest BCUT2D eigenvalue weighted by Crippen LogP contribution is 2.39. The first-order valence-electron chi connectivity index (χ1n) is 13.3. The van der Waals surface area contributed by atoms with Crippen LogP contribution in [0.3, 0.4) is 0 Å². The second kappa shape index (κ2) is 12.1. The third-order valence-electron chi connectivity index (χ3n) is 7.65. The summed E-state index contributed by atoms with van der Waals surface area (Å²) in [5.74, 6) is -2.12. The van der Waals surface area contributed by atoms with Crippen LogP contribution < -0.4 is 0 Å². The van der Waals surface area contributed by atoms with E-state index in [2.05, 4.69) is 6.58 Å². The molecule has 0 amide bonds. The zero-order valence-electron chi connectivity index (χ0n) is 22.1. The Balaban J connectivity index is 1.22. The Morgan fingerprint density at radius 3 is 2.54 bits per heavy atom. The summed E-state index contributed by atoms with van der Waals surface area (Å²) in [5, 5.41) is 40.7. The molecular formula is C29H32O12. The van der Waals surface area contributed by atoms with Crippen molar-refractivity contribution < 1.29 is 58.5 Å². The van der Waals surface area contributed by atoms with Crippen LogP contribution in [-0.2, 0) is 44.5 Å². The highest BCUT2D eigenvalue weighted by Gasteiger charge is 2.48. The van der Waals surface area contributed by atoms with Gasteiger partial charge >= 0.3 is 17.9 Å². The van der Waals surface area contributed by atoms with Crippen molar-refractivity contribution in [1.29, 1.82) is 0 Å². The third kappa shape index (κ3) is 6.36. The fraction of sp³-hybridized carbons (Fsp3) is 0.483. The summed E-state index contributed by atoms with van der Waals surface area (Å²) >= 11 is 0. The van der Waals surface area contributed by atoms with E-state index in [1.54, 1.807) is 24.3 Å². The Hall–Kier alpha value is -3.55. The molecule has 1 aromatic carbocycles. The summed E-state index contributed by atoms with van der Waals surface area (Å²) in [4.78, 5) is 36.9. The summed E-state index contributed by atoms with van der Waals surface area (Å²) in [6.07, 6.45) is -3.98.